The smallest absolute Gasteiger partial charge is 0.185 e. The topological polar surface area (TPSA) is 143 Å². The maximum absolute atomic E-state index is 11.9. The van der Waals surface area contributed by atoms with Crippen molar-refractivity contribution in [2.24, 2.45) is 0 Å². The first-order valence-corrected chi connectivity index (χ1v) is 9.20. The van der Waals surface area contributed by atoms with Gasteiger partial charge in [-0.1, -0.05) is 36.6 Å². The van der Waals surface area contributed by atoms with Gasteiger partial charge in [0.05, 0.1) is 5.92 Å². The molecule has 0 unspecified atom stereocenters. The number of carbonyl (C=O) groups excluding carboxylic acids is 2. The summed E-state index contributed by atoms with van der Waals surface area (Å²) in [6.45, 7) is 2.11. The fourth-order valence-corrected chi connectivity index (χ4v) is 2.78. The largest absolute Gasteiger partial charge is 0.300 e. The molecule has 10 nitrogen and oxygen atoms in total. The van der Waals surface area contributed by atoms with Crippen molar-refractivity contribution in [1.29, 1.82) is 0 Å². The minimum Gasteiger partial charge on any atom is -0.300 e. The maximum Gasteiger partial charge on any atom is 0.185 e. The van der Waals surface area contributed by atoms with Gasteiger partial charge in [-0.3, -0.25) is 9.59 Å². The number of unbranched alkanes of at least 4 members (excludes halogenated alkanes) is 3. The SMILES string of the molecule is CCCCCC(=O)CCC(=O)CCCCC(c1nn[nH]n1)c1nn[nH]n1. The number of carbonyl (C=O) groups is 2. The molecule has 0 bridgehead atoms. The van der Waals surface area contributed by atoms with E-state index in [-0.39, 0.29) is 17.5 Å². The van der Waals surface area contributed by atoms with E-state index in [1.165, 1.54) is 0 Å². The molecular weight excluding hydrogens is 336 g/mol. The van der Waals surface area contributed by atoms with Crippen LogP contribution < -0.4 is 0 Å². The van der Waals surface area contributed by atoms with Crippen molar-refractivity contribution in [3.63, 3.8) is 0 Å². The van der Waals surface area contributed by atoms with Crippen molar-refractivity contribution in [3.8, 4) is 0 Å². The molecule has 0 saturated carbocycles. The van der Waals surface area contributed by atoms with Crippen LogP contribution in [0.4, 0.5) is 0 Å². The van der Waals surface area contributed by atoms with Gasteiger partial charge in [0.15, 0.2) is 11.6 Å². The number of Topliss-reactive ketones (excluding diaryl/α,β-unsaturated/α-hetero) is 2. The van der Waals surface area contributed by atoms with Crippen LogP contribution in [0, 0.1) is 0 Å². The Morgan fingerprint density at radius 3 is 1.81 bits per heavy atom. The Labute approximate surface area is 151 Å². The molecule has 2 aromatic rings. The highest BCUT2D eigenvalue weighted by molar-refractivity contribution is 5.85. The predicted octanol–water partition coefficient (Wildman–Crippen LogP) is 1.90. The van der Waals surface area contributed by atoms with Crippen LogP contribution in [0.25, 0.3) is 0 Å². The molecule has 0 radical (unpaired) electrons. The highest BCUT2D eigenvalue weighted by Crippen LogP contribution is 2.23. The number of tetrazole rings is 2. The fraction of sp³-hybridized carbons (Fsp3) is 0.750. The van der Waals surface area contributed by atoms with Crippen molar-refractivity contribution in [3.05, 3.63) is 11.6 Å². The third-order valence-corrected chi connectivity index (χ3v) is 4.29. The van der Waals surface area contributed by atoms with E-state index in [1.807, 2.05) is 0 Å². The molecule has 0 spiro atoms. The van der Waals surface area contributed by atoms with E-state index in [4.69, 9.17) is 0 Å². The third kappa shape index (κ3) is 6.77. The summed E-state index contributed by atoms with van der Waals surface area (Å²) in [6.07, 6.45) is 7.13. The highest BCUT2D eigenvalue weighted by Gasteiger charge is 2.22. The molecule has 26 heavy (non-hydrogen) atoms. The van der Waals surface area contributed by atoms with Gasteiger partial charge in [-0.25, -0.2) is 0 Å². The molecule has 0 aromatic carbocycles. The van der Waals surface area contributed by atoms with Crippen molar-refractivity contribution in [2.75, 3.05) is 0 Å². The molecule has 0 aliphatic heterocycles. The number of hydrogen-bond donors (Lipinski definition) is 2. The van der Waals surface area contributed by atoms with Gasteiger partial charge in [0.2, 0.25) is 0 Å². The van der Waals surface area contributed by atoms with Gasteiger partial charge in [-0.05, 0) is 19.3 Å². The minimum atomic E-state index is -0.206. The lowest BCUT2D eigenvalue weighted by atomic mass is 9.98. The number of rotatable bonds is 14. The number of H-pyrrole nitrogens is 2. The molecule has 0 amide bonds. The van der Waals surface area contributed by atoms with Gasteiger partial charge in [0.1, 0.15) is 11.6 Å². The second kappa shape index (κ2) is 11.2. The molecule has 0 fully saturated rings. The lowest BCUT2D eigenvalue weighted by Crippen LogP contribution is -2.07. The summed E-state index contributed by atoms with van der Waals surface area (Å²) in [7, 11) is 0. The number of nitrogens with zero attached hydrogens (tertiary/aromatic N) is 6. The van der Waals surface area contributed by atoms with Gasteiger partial charge < -0.3 is 0 Å². The molecule has 0 atom stereocenters. The Morgan fingerprint density at radius 2 is 1.35 bits per heavy atom. The Bertz CT molecular complexity index is 607. The zero-order chi connectivity index (χ0) is 18.6. The van der Waals surface area contributed by atoms with Crippen LogP contribution in [0.3, 0.4) is 0 Å². The van der Waals surface area contributed by atoms with Crippen LogP contribution in [0.5, 0.6) is 0 Å². The van der Waals surface area contributed by atoms with Gasteiger partial charge in [-0.2, -0.15) is 10.4 Å². The summed E-state index contributed by atoms with van der Waals surface area (Å²) in [4.78, 5) is 23.7. The Hall–Kier alpha value is -2.52. The van der Waals surface area contributed by atoms with E-state index in [0.717, 1.165) is 32.1 Å². The number of nitrogens with one attached hydrogen (secondary N) is 2. The summed E-state index contributed by atoms with van der Waals surface area (Å²) in [5.41, 5.74) is 0. The van der Waals surface area contributed by atoms with Gasteiger partial charge >= 0.3 is 0 Å². The summed E-state index contributed by atoms with van der Waals surface area (Å²) in [6, 6.07) is 0. The summed E-state index contributed by atoms with van der Waals surface area (Å²) < 4.78 is 0. The van der Waals surface area contributed by atoms with Gasteiger partial charge in [0.25, 0.3) is 0 Å². The highest BCUT2D eigenvalue weighted by atomic mass is 16.1. The first-order valence-electron chi connectivity index (χ1n) is 9.20. The van der Waals surface area contributed by atoms with Crippen molar-refractivity contribution < 1.29 is 9.59 Å². The second-order valence-corrected chi connectivity index (χ2v) is 6.37. The lowest BCUT2D eigenvalue weighted by molar-refractivity contribution is -0.124. The van der Waals surface area contributed by atoms with Crippen molar-refractivity contribution in [1.82, 2.24) is 41.2 Å². The Balaban J connectivity index is 1.65. The number of aromatic amines is 2. The zero-order valence-corrected chi connectivity index (χ0v) is 15.1. The van der Waals surface area contributed by atoms with Crippen molar-refractivity contribution in [2.45, 2.75) is 77.0 Å². The standard InChI is InChI=1S/C16H26N8O2/c1-2-3-4-7-12(25)10-11-13(26)8-5-6-9-14(15-17-21-22-18-15)16-19-23-24-20-16/h14H,2-11H2,1H3,(H,17,18,21,22)(H,19,20,23,24). The summed E-state index contributed by atoms with van der Waals surface area (Å²) >= 11 is 0. The monoisotopic (exact) mass is 362 g/mol. The van der Waals surface area contributed by atoms with E-state index in [0.29, 0.717) is 43.8 Å². The first-order chi connectivity index (χ1) is 12.7. The van der Waals surface area contributed by atoms with E-state index < -0.39 is 0 Å². The predicted molar refractivity (Wildman–Crippen MR) is 92.1 cm³/mol. The van der Waals surface area contributed by atoms with Crippen LogP contribution in [-0.4, -0.2) is 52.8 Å². The van der Waals surface area contributed by atoms with Crippen molar-refractivity contribution >= 4 is 11.6 Å². The molecule has 2 aromatic heterocycles. The molecule has 10 heteroatoms. The fourth-order valence-electron chi connectivity index (χ4n) is 2.78. The van der Waals surface area contributed by atoms with Gasteiger partial charge in [-0.15, -0.1) is 20.4 Å². The molecule has 142 valence electrons. The van der Waals surface area contributed by atoms with E-state index in [2.05, 4.69) is 48.2 Å². The average Bonchev–Trinajstić information content (AvgIpc) is 3.34. The van der Waals surface area contributed by atoms with Crippen LogP contribution in [0.2, 0.25) is 0 Å². The minimum absolute atomic E-state index is 0.143. The maximum atomic E-state index is 11.9. The van der Waals surface area contributed by atoms with Crippen LogP contribution in [-0.2, 0) is 9.59 Å². The van der Waals surface area contributed by atoms with E-state index in [1.54, 1.807) is 0 Å². The zero-order valence-electron chi connectivity index (χ0n) is 15.1. The quantitative estimate of drug-likeness (QED) is 0.485. The number of aromatic nitrogens is 8. The number of hydrogen-bond acceptors (Lipinski definition) is 8. The van der Waals surface area contributed by atoms with Crippen LogP contribution in [0.1, 0.15) is 88.7 Å². The lowest BCUT2D eigenvalue weighted by Gasteiger charge is -2.08. The first kappa shape index (κ1) is 19.8. The third-order valence-electron chi connectivity index (χ3n) is 4.29. The molecule has 0 aliphatic rings. The summed E-state index contributed by atoms with van der Waals surface area (Å²) in [5.74, 6) is 1.15. The molecule has 2 N–H and O–H groups in total. The molecule has 0 saturated heterocycles. The Morgan fingerprint density at radius 1 is 0.808 bits per heavy atom. The van der Waals surface area contributed by atoms with E-state index in [9.17, 15) is 9.59 Å². The molecular formula is C16H26N8O2. The second-order valence-electron chi connectivity index (χ2n) is 6.37. The van der Waals surface area contributed by atoms with Crippen LogP contribution in [0.15, 0.2) is 0 Å². The molecule has 2 rings (SSSR count). The number of ketones is 2. The molecule has 0 aliphatic carbocycles. The normalized spacial score (nSPS) is 11.2. The molecule has 2 heterocycles. The van der Waals surface area contributed by atoms with E-state index >= 15 is 0 Å². The Kier molecular flexibility index (Phi) is 8.50. The summed E-state index contributed by atoms with van der Waals surface area (Å²) in [5, 5.41) is 28.0. The van der Waals surface area contributed by atoms with Gasteiger partial charge in [0, 0.05) is 25.7 Å². The van der Waals surface area contributed by atoms with Crippen LogP contribution >= 0.6 is 0 Å². The average molecular weight is 362 g/mol.